The first-order valence-corrected chi connectivity index (χ1v) is 9.03. The Morgan fingerprint density at radius 1 is 1.25 bits per heavy atom. The van der Waals surface area contributed by atoms with Gasteiger partial charge in [-0.25, -0.2) is 4.39 Å². The Morgan fingerprint density at radius 2 is 1.96 bits per heavy atom. The minimum absolute atomic E-state index is 0.0230. The summed E-state index contributed by atoms with van der Waals surface area (Å²) in [5, 5.41) is 0. The van der Waals surface area contributed by atoms with Gasteiger partial charge in [0, 0.05) is 10.8 Å². The lowest BCUT2D eigenvalue weighted by Crippen LogP contribution is -2.53. The number of ketones is 2. The van der Waals surface area contributed by atoms with Crippen LogP contribution in [0.4, 0.5) is 4.39 Å². The van der Waals surface area contributed by atoms with Crippen LogP contribution < -0.4 is 0 Å². The van der Waals surface area contributed by atoms with Crippen molar-refractivity contribution in [2.75, 3.05) is 0 Å². The molecule has 24 heavy (non-hydrogen) atoms. The Labute approximate surface area is 142 Å². The van der Waals surface area contributed by atoms with E-state index in [1.54, 1.807) is 12.2 Å². The molecule has 2 nitrogen and oxygen atoms in total. The van der Waals surface area contributed by atoms with E-state index in [4.69, 9.17) is 0 Å². The number of alkyl halides is 1. The van der Waals surface area contributed by atoms with E-state index in [1.165, 1.54) is 0 Å². The minimum atomic E-state index is -1.31. The summed E-state index contributed by atoms with van der Waals surface area (Å²) < 4.78 is 14.3. The Kier molecular flexibility index (Phi) is 3.18. The molecule has 4 aliphatic carbocycles. The van der Waals surface area contributed by atoms with Gasteiger partial charge in [0.1, 0.15) is 0 Å². The summed E-state index contributed by atoms with van der Waals surface area (Å²) in [6.45, 7) is 10.6. The third-order valence-electron chi connectivity index (χ3n) is 7.73. The highest BCUT2D eigenvalue weighted by Crippen LogP contribution is 2.66. The maximum Gasteiger partial charge on any atom is 0.178 e. The van der Waals surface area contributed by atoms with E-state index in [2.05, 4.69) is 20.4 Å². The molecule has 3 fully saturated rings. The topological polar surface area (TPSA) is 34.1 Å². The molecule has 0 aromatic heterocycles. The third-order valence-corrected chi connectivity index (χ3v) is 7.73. The number of fused-ring (bicyclic) bond motifs is 5. The van der Waals surface area contributed by atoms with Crippen molar-refractivity contribution in [3.63, 3.8) is 0 Å². The van der Waals surface area contributed by atoms with E-state index in [9.17, 15) is 14.0 Å². The van der Waals surface area contributed by atoms with Crippen LogP contribution >= 0.6 is 0 Å². The molecule has 0 bridgehead atoms. The van der Waals surface area contributed by atoms with Gasteiger partial charge in [-0.1, -0.05) is 33.4 Å². The summed E-state index contributed by atoms with van der Waals surface area (Å²) in [6.07, 6.45) is 6.13. The van der Waals surface area contributed by atoms with E-state index in [0.29, 0.717) is 12.3 Å². The molecule has 128 valence electrons. The number of carbonyl (C=O) groups is 2. The van der Waals surface area contributed by atoms with Gasteiger partial charge >= 0.3 is 0 Å². The van der Waals surface area contributed by atoms with Crippen LogP contribution in [0, 0.1) is 34.5 Å². The average Bonchev–Trinajstić information content (AvgIpc) is 2.77. The smallest absolute Gasteiger partial charge is 0.178 e. The normalized spacial score (nSPS) is 50.2. The number of halogens is 1. The first-order chi connectivity index (χ1) is 11.2. The van der Waals surface area contributed by atoms with Crippen molar-refractivity contribution in [2.24, 2.45) is 34.5 Å². The molecule has 0 saturated heterocycles. The molecular formula is C21H25FO2. The number of Topliss-reactive ketones (excluding diaryl/α,β-unsaturated/α-hetero) is 1. The van der Waals surface area contributed by atoms with Gasteiger partial charge in [0.25, 0.3) is 0 Å². The Balaban J connectivity index is 1.82. The van der Waals surface area contributed by atoms with E-state index < -0.39 is 11.6 Å². The summed E-state index contributed by atoms with van der Waals surface area (Å²) in [6, 6.07) is 0. The van der Waals surface area contributed by atoms with Gasteiger partial charge in [-0.2, -0.15) is 0 Å². The molecule has 0 aliphatic heterocycles. The van der Waals surface area contributed by atoms with E-state index in [0.717, 1.165) is 24.0 Å². The zero-order valence-electron chi connectivity index (χ0n) is 14.6. The summed E-state index contributed by atoms with van der Waals surface area (Å²) in [7, 11) is 0. The maximum atomic E-state index is 14.3. The second-order valence-electron chi connectivity index (χ2n) is 8.70. The van der Waals surface area contributed by atoms with Crippen LogP contribution in [0.15, 0.2) is 36.0 Å². The lowest BCUT2D eigenvalue weighted by Gasteiger charge is -2.58. The second kappa shape index (κ2) is 4.77. The van der Waals surface area contributed by atoms with Crippen LogP contribution in [0.1, 0.15) is 40.0 Å². The molecule has 0 heterocycles. The molecule has 2 unspecified atom stereocenters. The predicted molar refractivity (Wildman–Crippen MR) is 91.0 cm³/mol. The summed E-state index contributed by atoms with van der Waals surface area (Å²) in [4.78, 5) is 24.4. The van der Waals surface area contributed by atoms with Gasteiger partial charge in [-0.05, 0) is 66.2 Å². The number of allylic oxidation sites excluding steroid dienone is 5. The quantitative estimate of drug-likeness (QED) is 0.667. The zero-order chi connectivity index (χ0) is 17.4. The van der Waals surface area contributed by atoms with Crippen molar-refractivity contribution in [2.45, 2.75) is 46.2 Å². The average molecular weight is 328 g/mol. The Hall–Kier alpha value is -1.51. The molecule has 0 aromatic rings. The van der Waals surface area contributed by atoms with Crippen LogP contribution in [0.3, 0.4) is 0 Å². The molecule has 0 amide bonds. The van der Waals surface area contributed by atoms with Crippen molar-refractivity contribution in [1.29, 1.82) is 0 Å². The lowest BCUT2D eigenvalue weighted by atomic mass is 9.45. The molecule has 7 atom stereocenters. The summed E-state index contributed by atoms with van der Waals surface area (Å²) >= 11 is 0. The SMILES string of the molecule is C=C1C2=CC(=O)C=C[C@]2(C)[C@H]2CC[C@]3(C)C(=O)C(F)C[C@H]3[C@@H]2C1C. The molecule has 4 rings (SSSR count). The largest absolute Gasteiger partial charge is 0.296 e. The maximum absolute atomic E-state index is 14.3. The minimum Gasteiger partial charge on any atom is -0.296 e. The lowest BCUT2D eigenvalue weighted by molar-refractivity contribution is -0.135. The summed E-state index contributed by atoms with van der Waals surface area (Å²) in [5.41, 5.74) is 1.30. The van der Waals surface area contributed by atoms with E-state index in [-0.39, 0.29) is 34.7 Å². The molecule has 3 saturated carbocycles. The van der Waals surface area contributed by atoms with Crippen LogP contribution in [0.5, 0.6) is 0 Å². The molecule has 0 N–H and O–H groups in total. The fourth-order valence-electron chi connectivity index (χ4n) is 6.28. The standard InChI is InChI=1S/C21H25FO2/c1-11-12(2)18-14(20(3)7-5-13(23)9-15(11)20)6-8-21(4)16(18)10-17(22)19(21)24/h5,7,9,12,14,16-18H,1,6,8,10H2,2-4H3/t12?,14-,16-,17?,18+,20+,21-/m0/s1. The number of hydrogen-bond acceptors (Lipinski definition) is 2. The van der Waals surface area contributed by atoms with Gasteiger partial charge in [-0.3, -0.25) is 9.59 Å². The zero-order valence-corrected chi connectivity index (χ0v) is 14.6. The first kappa shape index (κ1) is 16.0. The van der Waals surface area contributed by atoms with Gasteiger partial charge in [0.2, 0.25) is 0 Å². The van der Waals surface area contributed by atoms with Gasteiger partial charge in [0.05, 0.1) is 0 Å². The van der Waals surface area contributed by atoms with E-state index >= 15 is 0 Å². The first-order valence-electron chi connectivity index (χ1n) is 9.03. The molecule has 4 aliphatic rings. The predicted octanol–water partition coefficient (Wildman–Crippen LogP) is 4.22. The van der Waals surface area contributed by atoms with Crippen molar-refractivity contribution in [3.05, 3.63) is 36.0 Å². The fraction of sp³-hybridized carbons (Fsp3) is 0.619. The molecule has 0 aromatic carbocycles. The van der Waals surface area contributed by atoms with Crippen molar-refractivity contribution >= 4 is 11.6 Å². The summed E-state index contributed by atoms with van der Waals surface area (Å²) in [5.74, 6) is 0.677. The molecular weight excluding hydrogens is 303 g/mol. The van der Waals surface area contributed by atoms with E-state index in [1.807, 2.05) is 13.0 Å². The van der Waals surface area contributed by atoms with Gasteiger partial charge in [0.15, 0.2) is 17.7 Å². The van der Waals surface area contributed by atoms with Crippen molar-refractivity contribution in [3.8, 4) is 0 Å². The van der Waals surface area contributed by atoms with Gasteiger partial charge < -0.3 is 0 Å². The second-order valence-corrected chi connectivity index (χ2v) is 8.70. The highest BCUT2D eigenvalue weighted by atomic mass is 19.1. The Bertz CT molecular complexity index is 717. The van der Waals surface area contributed by atoms with Crippen LogP contribution in [-0.2, 0) is 9.59 Å². The third kappa shape index (κ3) is 1.76. The van der Waals surface area contributed by atoms with Crippen molar-refractivity contribution in [1.82, 2.24) is 0 Å². The molecule has 3 heteroatoms. The highest BCUT2D eigenvalue weighted by Gasteiger charge is 2.63. The number of hydrogen-bond donors (Lipinski definition) is 0. The van der Waals surface area contributed by atoms with Crippen LogP contribution in [0.2, 0.25) is 0 Å². The van der Waals surface area contributed by atoms with Crippen molar-refractivity contribution < 1.29 is 14.0 Å². The highest BCUT2D eigenvalue weighted by molar-refractivity contribution is 6.02. The monoisotopic (exact) mass is 328 g/mol. The fourth-order valence-corrected chi connectivity index (χ4v) is 6.28. The number of rotatable bonds is 0. The molecule has 0 spiro atoms. The van der Waals surface area contributed by atoms with Crippen LogP contribution in [0.25, 0.3) is 0 Å². The van der Waals surface area contributed by atoms with Gasteiger partial charge in [-0.15, -0.1) is 0 Å². The van der Waals surface area contributed by atoms with Crippen LogP contribution in [-0.4, -0.2) is 17.7 Å². The Morgan fingerprint density at radius 3 is 2.67 bits per heavy atom. The number of carbonyl (C=O) groups excluding carboxylic acids is 2. The molecule has 0 radical (unpaired) electrons.